The normalized spacial score (nSPS) is 13.9. The molecular weight excluding hydrogens is 276 g/mol. The third kappa shape index (κ3) is 4.18. The summed E-state index contributed by atoms with van der Waals surface area (Å²) in [5.74, 6) is -0.0469. The lowest BCUT2D eigenvalue weighted by Gasteiger charge is -2.18. The van der Waals surface area contributed by atoms with Crippen LogP contribution in [0.2, 0.25) is 0 Å². The Morgan fingerprint density at radius 3 is 2.41 bits per heavy atom. The summed E-state index contributed by atoms with van der Waals surface area (Å²) in [7, 11) is 0. The van der Waals surface area contributed by atoms with Crippen LogP contribution in [0, 0.1) is 0 Å². The van der Waals surface area contributed by atoms with Crippen LogP contribution in [-0.2, 0) is 4.79 Å². The van der Waals surface area contributed by atoms with Crippen molar-refractivity contribution in [3.05, 3.63) is 48.3 Å². The zero-order valence-electron chi connectivity index (χ0n) is 13.6. The number of anilines is 1. The van der Waals surface area contributed by atoms with Gasteiger partial charge in [0.25, 0.3) is 0 Å². The molecule has 2 N–H and O–H groups in total. The van der Waals surface area contributed by atoms with Gasteiger partial charge >= 0.3 is 0 Å². The highest BCUT2D eigenvalue weighted by atomic mass is 16.2. The quantitative estimate of drug-likeness (QED) is 0.861. The van der Waals surface area contributed by atoms with Gasteiger partial charge in [0.05, 0.1) is 12.2 Å². The number of rotatable bonds is 6. The molecule has 5 heteroatoms. The lowest BCUT2D eigenvalue weighted by atomic mass is 10.1. The molecule has 0 saturated carbocycles. The molecule has 1 aromatic heterocycles. The topological polar surface area (TPSA) is 59.0 Å². The molecule has 0 bridgehead atoms. The van der Waals surface area contributed by atoms with Crippen molar-refractivity contribution in [3.8, 4) is 0 Å². The first-order valence-corrected chi connectivity index (χ1v) is 7.63. The lowest BCUT2D eigenvalue weighted by Crippen LogP contribution is -2.39. The molecule has 0 fully saturated rings. The summed E-state index contributed by atoms with van der Waals surface area (Å²) in [6, 6.07) is 9.57. The maximum atomic E-state index is 12.2. The molecule has 118 valence electrons. The zero-order chi connectivity index (χ0) is 16.1. The molecular formula is C17H24N4O. The van der Waals surface area contributed by atoms with Crippen molar-refractivity contribution in [1.29, 1.82) is 0 Å². The molecule has 0 spiro atoms. The van der Waals surface area contributed by atoms with Crippen LogP contribution in [0.3, 0.4) is 0 Å². The first-order chi connectivity index (χ1) is 10.5. The minimum absolute atomic E-state index is 0.0469. The van der Waals surface area contributed by atoms with E-state index in [1.54, 1.807) is 0 Å². The molecule has 5 nitrogen and oxygen atoms in total. The van der Waals surface area contributed by atoms with E-state index in [0.29, 0.717) is 6.04 Å². The first kappa shape index (κ1) is 16.2. The Hall–Kier alpha value is -2.14. The smallest absolute Gasteiger partial charge is 0.241 e. The van der Waals surface area contributed by atoms with Crippen LogP contribution in [0.15, 0.2) is 42.7 Å². The molecule has 2 rings (SSSR count). The van der Waals surface area contributed by atoms with Crippen LogP contribution in [-0.4, -0.2) is 21.7 Å². The molecule has 0 unspecified atom stereocenters. The zero-order valence-corrected chi connectivity index (χ0v) is 13.6. The van der Waals surface area contributed by atoms with Crippen molar-refractivity contribution >= 4 is 11.6 Å². The van der Waals surface area contributed by atoms with Crippen LogP contribution in [0.5, 0.6) is 0 Å². The fourth-order valence-electron chi connectivity index (χ4n) is 2.18. The van der Waals surface area contributed by atoms with E-state index in [2.05, 4.69) is 29.6 Å². The van der Waals surface area contributed by atoms with E-state index in [-0.39, 0.29) is 18.0 Å². The summed E-state index contributed by atoms with van der Waals surface area (Å²) >= 11 is 0. The van der Waals surface area contributed by atoms with Crippen molar-refractivity contribution < 1.29 is 4.79 Å². The number of benzene rings is 1. The van der Waals surface area contributed by atoms with Crippen LogP contribution >= 0.6 is 0 Å². The largest absolute Gasteiger partial charge is 0.325 e. The van der Waals surface area contributed by atoms with Crippen molar-refractivity contribution in [1.82, 2.24) is 15.1 Å². The van der Waals surface area contributed by atoms with E-state index in [9.17, 15) is 4.79 Å². The molecule has 1 amide bonds. The summed E-state index contributed by atoms with van der Waals surface area (Å²) in [4.78, 5) is 12.2. The number of carbonyl (C=O) groups is 1. The third-order valence-corrected chi connectivity index (χ3v) is 3.59. The maximum absolute atomic E-state index is 12.2. The molecule has 0 aliphatic carbocycles. The number of nitrogens with zero attached hydrogens (tertiary/aromatic N) is 2. The summed E-state index contributed by atoms with van der Waals surface area (Å²) in [5.41, 5.74) is 1.88. The average Bonchev–Trinajstić information content (AvgIpc) is 2.98. The molecule has 2 atom stereocenters. The van der Waals surface area contributed by atoms with Gasteiger partial charge in [-0.25, -0.2) is 0 Å². The van der Waals surface area contributed by atoms with Crippen LogP contribution < -0.4 is 10.6 Å². The second-order valence-electron chi connectivity index (χ2n) is 5.81. The van der Waals surface area contributed by atoms with Gasteiger partial charge in [-0.3, -0.25) is 14.8 Å². The van der Waals surface area contributed by atoms with E-state index in [1.807, 2.05) is 61.3 Å². The predicted molar refractivity (Wildman–Crippen MR) is 88.7 cm³/mol. The number of hydrogen-bond donors (Lipinski definition) is 2. The second-order valence-corrected chi connectivity index (χ2v) is 5.81. The number of para-hydroxylation sites is 1. The standard InChI is InChI=1S/C17H24N4O/c1-12(2)21-11-15(10-18-21)13(3)19-14(4)17(22)20-16-8-6-5-7-9-16/h5-14,19H,1-4H3,(H,20,22)/t13-,14+/m1/s1. The Labute approximate surface area is 131 Å². The van der Waals surface area contributed by atoms with E-state index in [1.165, 1.54) is 0 Å². The molecule has 0 aliphatic heterocycles. The second kappa shape index (κ2) is 7.22. The van der Waals surface area contributed by atoms with Crippen LogP contribution in [0.1, 0.15) is 45.3 Å². The number of amides is 1. The first-order valence-electron chi connectivity index (χ1n) is 7.63. The molecule has 2 aromatic rings. The predicted octanol–water partition coefficient (Wildman–Crippen LogP) is 3.14. The fourth-order valence-corrected chi connectivity index (χ4v) is 2.18. The number of hydrogen-bond acceptors (Lipinski definition) is 3. The van der Waals surface area contributed by atoms with Gasteiger partial charge in [0.2, 0.25) is 5.91 Å². The lowest BCUT2D eigenvalue weighted by molar-refractivity contribution is -0.117. The Bertz CT molecular complexity index is 606. The average molecular weight is 300 g/mol. The van der Waals surface area contributed by atoms with Gasteiger partial charge in [-0.15, -0.1) is 0 Å². The van der Waals surface area contributed by atoms with Crippen molar-refractivity contribution in [2.75, 3.05) is 5.32 Å². The van der Waals surface area contributed by atoms with E-state index in [4.69, 9.17) is 0 Å². The molecule has 0 aliphatic rings. The SMILES string of the molecule is CC(C)n1cc([C@@H](C)N[C@@H](C)C(=O)Nc2ccccc2)cn1. The van der Waals surface area contributed by atoms with Gasteiger partial charge in [0.15, 0.2) is 0 Å². The number of aromatic nitrogens is 2. The highest BCUT2D eigenvalue weighted by Crippen LogP contribution is 2.15. The molecule has 1 aromatic carbocycles. The van der Waals surface area contributed by atoms with E-state index >= 15 is 0 Å². The van der Waals surface area contributed by atoms with Gasteiger partial charge in [0, 0.05) is 29.5 Å². The third-order valence-electron chi connectivity index (χ3n) is 3.59. The Morgan fingerprint density at radius 2 is 1.82 bits per heavy atom. The molecule has 22 heavy (non-hydrogen) atoms. The highest BCUT2D eigenvalue weighted by molar-refractivity contribution is 5.94. The van der Waals surface area contributed by atoms with Gasteiger partial charge < -0.3 is 5.32 Å². The molecule has 1 heterocycles. The Balaban J connectivity index is 1.92. The number of nitrogens with one attached hydrogen (secondary N) is 2. The van der Waals surface area contributed by atoms with Crippen molar-refractivity contribution in [2.45, 2.75) is 45.8 Å². The summed E-state index contributed by atoms with van der Waals surface area (Å²) < 4.78 is 1.92. The molecule has 0 radical (unpaired) electrons. The van der Waals surface area contributed by atoms with Gasteiger partial charge in [-0.2, -0.15) is 5.10 Å². The summed E-state index contributed by atoms with van der Waals surface area (Å²) in [5, 5.41) is 10.5. The maximum Gasteiger partial charge on any atom is 0.241 e. The summed E-state index contributed by atoms with van der Waals surface area (Å²) in [6.45, 7) is 8.07. The minimum atomic E-state index is -0.294. The van der Waals surface area contributed by atoms with Crippen molar-refractivity contribution in [2.24, 2.45) is 0 Å². The van der Waals surface area contributed by atoms with Crippen LogP contribution in [0.4, 0.5) is 5.69 Å². The minimum Gasteiger partial charge on any atom is -0.325 e. The Morgan fingerprint density at radius 1 is 1.14 bits per heavy atom. The van der Waals surface area contributed by atoms with Crippen molar-refractivity contribution in [3.63, 3.8) is 0 Å². The van der Waals surface area contributed by atoms with Gasteiger partial charge in [-0.1, -0.05) is 18.2 Å². The Kier molecular flexibility index (Phi) is 5.33. The van der Waals surface area contributed by atoms with Crippen LogP contribution in [0.25, 0.3) is 0 Å². The fraction of sp³-hybridized carbons (Fsp3) is 0.412. The monoisotopic (exact) mass is 300 g/mol. The van der Waals surface area contributed by atoms with E-state index < -0.39 is 0 Å². The van der Waals surface area contributed by atoms with E-state index in [0.717, 1.165) is 11.3 Å². The highest BCUT2D eigenvalue weighted by Gasteiger charge is 2.17. The summed E-state index contributed by atoms with van der Waals surface area (Å²) in [6.07, 6.45) is 3.86. The van der Waals surface area contributed by atoms with Gasteiger partial charge in [-0.05, 0) is 39.8 Å². The number of carbonyl (C=O) groups excluding carboxylic acids is 1. The molecule has 0 saturated heterocycles. The van der Waals surface area contributed by atoms with Gasteiger partial charge in [0.1, 0.15) is 0 Å².